The summed E-state index contributed by atoms with van der Waals surface area (Å²) in [5, 5.41) is 14.8. The standard InChI is InChI=1S/2C2H4O2.Cu.Pd/c2*1-2(3)4;;/h2*1H3,(H,3,4);;. The van der Waals surface area contributed by atoms with Crippen LogP contribution in [-0.2, 0) is 47.1 Å². The molecule has 0 heterocycles. The van der Waals surface area contributed by atoms with Crippen molar-refractivity contribution >= 4 is 11.9 Å². The molecular formula is C4H8CuO4Pd. The molecule has 0 spiro atoms. The van der Waals surface area contributed by atoms with Crippen molar-refractivity contribution in [2.24, 2.45) is 0 Å². The van der Waals surface area contributed by atoms with Gasteiger partial charge in [0.1, 0.15) is 0 Å². The van der Waals surface area contributed by atoms with Crippen LogP contribution in [0.5, 0.6) is 0 Å². The zero-order valence-corrected chi connectivity index (χ0v) is 7.82. The van der Waals surface area contributed by atoms with E-state index in [9.17, 15) is 0 Å². The molecule has 0 aliphatic carbocycles. The average Bonchev–Trinajstić information content (AvgIpc) is 1.25. The van der Waals surface area contributed by atoms with Gasteiger partial charge in [-0.2, -0.15) is 0 Å². The van der Waals surface area contributed by atoms with E-state index >= 15 is 0 Å². The number of hydrogen-bond donors (Lipinski definition) is 2. The summed E-state index contributed by atoms with van der Waals surface area (Å²) in [5.74, 6) is -1.67. The molecule has 0 bridgehead atoms. The Morgan fingerprint density at radius 1 is 1.00 bits per heavy atom. The van der Waals surface area contributed by atoms with Gasteiger partial charge >= 0.3 is 0 Å². The van der Waals surface area contributed by atoms with Crippen molar-refractivity contribution < 1.29 is 57.3 Å². The monoisotopic (exact) mass is 289 g/mol. The second kappa shape index (κ2) is 16.1. The molecule has 0 aromatic rings. The van der Waals surface area contributed by atoms with Crippen molar-refractivity contribution in [1.29, 1.82) is 0 Å². The first-order valence-electron chi connectivity index (χ1n) is 1.86. The van der Waals surface area contributed by atoms with E-state index in [0.29, 0.717) is 0 Å². The van der Waals surface area contributed by atoms with Crippen LogP contribution < -0.4 is 0 Å². The number of aliphatic carboxylic acids is 2. The Balaban J connectivity index is -0.0000000300. The van der Waals surface area contributed by atoms with Gasteiger partial charge in [-0.3, -0.25) is 9.59 Å². The fraction of sp³-hybridized carbons (Fsp3) is 0.500. The summed E-state index contributed by atoms with van der Waals surface area (Å²) in [6.45, 7) is 2.17. The van der Waals surface area contributed by atoms with Crippen LogP contribution >= 0.6 is 0 Å². The molecule has 10 heavy (non-hydrogen) atoms. The van der Waals surface area contributed by atoms with E-state index in [1.165, 1.54) is 0 Å². The third kappa shape index (κ3) is 27800. The van der Waals surface area contributed by atoms with Gasteiger partial charge in [-0.25, -0.2) is 0 Å². The molecule has 0 rings (SSSR count). The number of rotatable bonds is 0. The van der Waals surface area contributed by atoms with Crippen molar-refractivity contribution in [3.05, 3.63) is 0 Å². The Kier molecular flexibility index (Phi) is 36.1. The second-order valence-corrected chi connectivity index (χ2v) is 1.04. The molecule has 0 amide bonds. The molecule has 0 aromatic carbocycles. The van der Waals surface area contributed by atoms with Crippen molar-refractivity contribution in [2.75, 3.05) is 0 Å². The summed E-state index contributed by atoms with van der Waals surface area (Å²) in [5.41, 5.74) is 0. The molecule has 1 radical (unpaired) electrons. The van der Waals surface area contributed by atoms with Gasteiger partial charge in [0.15, 0.2) is 0 Å². The number of carbonyl (C=O) groups is 2. The van der Waals surface area contributed by atoms with Crippen molar-refractivity contribution in [3.63, 3.8) is 0 Å². The molecule has 4 nitrogen and oxygen atoms in total. The number of hydrogen-bond acceptors (Lipinski definition) is 2. The molecule has 0 unspecified atom stereocenters. The van der Waals surface area contributed by atoms with Crippen LogP contribution in [0.1, 0.15) is 13.8 Å². The summed E-state index contributed by atoms with van der Waals surface area (Å²) in [7, 11) is 0. The third-order valence-electron chi connectivity index (χ3n) is 0. The summed E-state index contributed by atoms with van der Waals surface area (Å²) < 4.78 is 0. The first kappa shape index (κ1) is 22.5. The zero-order chi connectivity index (χ0) is 7.15. The van der Waals surface area contributed by atoms with Gasteiger partial charge in [-0.1, -0.05) is 0 Å². The minimum absolute atomic E-state index is 0. The van der Waals surface area contributed by atoms with E-state index in [1.807, 2.05) is 0 Å². The van der Waals surface area contributed by atoms with Crippen molar-refractivity contribution in [1.82, 2.24) is 0 Å². The van der Waals surface area contributed by atoms with Gasteiger partial charge in [0, 0.05) is 51.3 Å². The van der Waals surface area contributed by atoms with E-state index in [0.717, 1.165) is 13.8 Å². The van der Waals surface area contributed by atoms with Gasteiger partial charge in [0.25, 0.3) is 11.9 Å². The van der Waals surface area contributed by atoms with E-state index < -0.39 is 11.9 Å². The average molecular weight is 290 g/mol. The van der Waals surface area contributed by atoms with Crippen molar-refractivity contribution in [3.8, 4) is 0 Å². The Hall–Kier alpha value is 0.122. The Labute approximate surface area is 83.1 Å². The Bertz CT molecular complexity index is 75.3. The normalized spacial score (nSPS) is 5.00. The second-order valence-electron chi connectivity index (χ2n) is 1.04. The van der Waals surface area contributed by atoms with Crippen LogP contribution in [0.15, 0.2) is 0 Å². The molecule has 0 aliphatic rings. The Morgan fingerprint density at radius 2 is 1.00 bits per heavy atom. The maximum atomic E-state index is 9.00. The van der Waals surface area contributed by atoms with Crippen LogP contribution in [0, 0.1) is 0 Å². The van der Waals surface area contributed by atoms with E-state index in [2.05, 4.69) is 0 Å². The summed E-state index contributed by atoms with van der Waals surface area (Å²) in [4.78, 5) is 18.0. The number of carboxylic acids is 2. The third-order valence-corrected chi connectivity index (χ3v) is 0. The predicted molar refractivity (Wildman–Crippen MR) is 26.6 cm³/mol. The maximum Gasteiger partial charge on any atom is 0.300 e. The molecule has 0 aliphatic heterocycles. The topological polar surface area (TPSA) is 74.6 Å². The smallest absolute Gasteiger partial charge is 0.300 e. The Morgan fingerprint density at radius 3 is 1.00 bits per heavy atom. The van der Waals surface area contributed by atoms with Gasteiger partial charge in [0.2, 0.25) is 0 Å². The van der Waals surface area contributed by atoms with E-state index in [1.54, 1.807) is 0 Å². The van der Waals surface area contributed by atoms with E-state index in [4.69, 9.17) is 19.8 Å². The molecule has 6 heteroatoms. The fourth-order valence-corrected chi connectivity index (χ4v) is 0. The first-order valence-corrected chi connectivity index (χ1v) is 1.86. The van der Waals surface area contributed by atoms with Crippen molar-refractivity contribution in [2.45, 2.75) is 13.8 Å². The summed E-state index contributed by atoms with van der Waals surface area (Å²) in [6, 6.07) is 0. The largest absolute Gasteiger partial charge is 0.481 e. The van der Waals surface area contributed by atoms with Gasteiger partial charge in [-0.05, 0) is 0 Å². The maximum absolute atomic E-state index is 9.00. The van der Waals surface area contributed by atoms with Crippen LogP contribution in [0.25, 0.3) is 0 Å². The predicted octanol–water partition coefficient (Wildman–Crippen LogP) is 0.177. The molecule has 0 saturated heterocycles. The van der Waals surface area contributed by atoms with Crippen LogP contribution in [0.3, 0.4) is 0 Å². The number of carboxylic acid groups (broad SMARTS) is 2. The molecule has 0 saturated carbocycles. The van der Waals surface area contributed by atoms with E-state index in [-0.39, 0.29) is 37.5 Å². The minimum atomic E-state index is -0.833. The van der Waals surface area contributed by atoms with Gasteiger partial charge in [0.05, 0.1) is 0 Å². The minimum Gasteiger partial charge on any atom is -0.481 e. The van der Waals surface area contributed by atoms with Gasteiger partial charge in [-0.15, -0.1) is 0 Å². The fourth-order valence-electron chi connectivity index (χ4n) is 0. The first-order chi connectivity index (χ1) is 3.46. The van der Waals surface area contributed by atoms with Crippen LogP contribution in [0.2, 0.25) is 0 Å². The molecule has 2 N–H and O–H groups in total. The molecule has 0 aromatic heterocycles. The molecular weight excluding hydrogens is 282 g/mol. The summed E-state index contributed by atoms with van der Waals surface area (Å²) in [6.07, 6.45) is 0. The van der Waals surface area contributed by atoms with Gasteiger partial charge < -0.3 is 10.2 Å². The van der Waals surface area contributed by atoms with Crippen LogP contribution in [0.4, 0.5) is 0 Å². The zero-order valence-electron chi connectivity index (χ0n) is 5.33. The molecule has 0 fully saturated rings. The van der Waals surface area contributed by atoms with Crippen LogP contribution in [-0.4, -0.2) is 22.2 Å². The molecule has 0 atom stereocenters. The summed E-state index contributed by atoms with van der Waals surface area (Å²) >= 11 is 0. The quantitative estimate of drug-likeness (QED) is 0.624. The molecule has 69 valence electrons. The SMILES string of the molecule is CC(=O)O.CC(=O)O.[Cu].[Pd].